The largest absolute Gasteiger partial charge is 0.458 e. The smallest absolute Gasteiger partial charge is 0.360 e. The van der Waals surface area contributed by atoms with Gasteiger partial charge in [-0.1, -0.05) is 23.2 Å². The van der Waals surface area contributed by atoms with Crippen molar-refractivity contribution in [2.24, 2.45) is 0 Å². The molecule has 0 atom stereocenters. The molecule has 0 aliphatic heterocycles. The Hall–Kier alpha value is -3.22. The average molecular weight is 573 g/mol. The summed E-state index contributed by atoms with van der Waals surface area (Å²) in [5.41, 5.74) is -1.76. The van der Waals surface area contributed by atoms with Gasteiger partial charge in [0.25, 0.3) is 5.24 Å². The van der Waals surface area contributed by atoms with Crippen LogP contribution in [0.1, 0.15) is 45.3 Å². The van der Waals surface area contributed by atoms with Gasteiger partial charge in [0.15, 0.2) is 23.0 Å². The maximum Gasteiger partial charge on any atom is 0.360 e. The quantitative estimate of drug-likeness (QED) is 0.160. The number of nitrogens with zero attached hydrogens (tertiary/aromatic N) is 3. The first-order chi connectivity index (χ1) is 16.7. The first-order valence-electron chi connectivity index (χ1n) is 9.29. The van der Waals surface area contributed by atoms with Crippen molar-refractivity contribution in [2.45, 2.75) is 20.0 Å². The number of hydrogen-bond acceptors (Lipinski definition) is 7. The van der Waals surface area contributed by atoms with Gasteiger partial charge in [-0.15, -0.1) is 0 Å². The Balaban J connectivity index is 0.000000273. The van der Waals surface area contributed by atoms with Gasteiger partial charge in [0.2, 0.25) is 11.9 Å². The Morgan fingerprint density at radius 1 is 0.778 bits per heavy atom. The number of ether oxygens (including phenoxy) is 1. The lowest BCUT2D eigenvalue weighted by atomic mass is 10.3. The van der Waals surface area contributed by atoms with Gasteiger partial charge in [-0.2, -0.15) is 13.2 Å². The molecule has 36 heavy (non-hydrogen) atoms. The fourth-order valence-electron chi connectivity index (χ4n) is 1.94. The van der Waals surface area contributed by atoms with E-state index in [4.69, 9.17) is 34.8 Å². The molecule has 0 saturated heterocycles. The second-order valence-electron chi connectivity index (χ2n) is 6.39. The van der Waals surface area contributed by atoms with Gasteiger partial charge in [0.1, 0.15) is 10.8 Å². The van der Waals surface area contributed by atoms with Crippen molar-refractivity contribution < 1.29 is 41.1 Å². The molecule has 0 radical (unpaired) electrons. The van der Waals surface area contributed by atoms with Gasteiger partial charge in [0, 0.05) is 0 Å². The highest BCUT2D eigenvalue weighted by atomic mass is 35.5. The number of carbonyl (C=O) groups is 3. The Kier molecular flexibility index (Phi) is 12.3. The van der Waals surface area contributed by atoms with E-state index in [1.54, 1.807) is 13.8 Å². The van der Waals surface area contributed by atoms with Crippen LogP contribution in [0.25, 0.3) is 0 Å². The molecule has 0 aromatic carbocycles. The Morgan fingerprint density at radius 2 is 1.28 bits per heavy atom. The van der Waals surface area contributed by atoms with Crippen LogP contribution >= 0.6 is 34.8 Å². The van der Waals surface area contributed by atoms with E-state index < -0.39 is 58.3 Å². The van der Waals surface area contributed by atoms with E-state index in [-0.39, 0.29) is 15.9 Å². The highest BCUT2D eigenvalue weighted by Crippen LogP contribution is 2.18. The number of pyridine rings is 3. The van der Waals surface area contributed by atoms with Crippen LogP contribution in [0.2, 0.25) is 10.2 Å². The predicted molar refractivity (Wildman–Crippen MR) is 119 cm³/mol. The number of carbonyl (C=O) groups excluding carboxylic acids is 3. The van der Waals surface area contributed by atoms with E-state index >= 15 is 0 Å². The molecule has 0 fully saturated rings. The summed E-state index contributed by atoms with van der Waals surface area (Å²) < 4.78 is 66.4. The summed E-state index contributed by atoms with van der Waals surface area (Å²) in [5.74, 6) is -5.03. The second kappa shape index (κ2) is 14.4. The summed E-state index contributed by atoms with van der Waals surface area (Å²) in [6.45, 7) is 3.21. The van der Waals surface area contributed by atoms with Gasteiger partial charge in [0.05, 0.1) is 11.1 Å². The van der Waals surface area contributed by atoms with Crippen LogP contribution in [0.4, 0.5) is 22.0 Å². The zero-order valence-corrected chi connectivity index (χ0v) is 20.3. The number of aromatic nitrogens is 3. The molecule has 3 rings (SSSR count). The van der Waals surface area contributed by atoms with Crippen LogP contribution in [0.3, 0.4) is 0 Å². The van der Waals surface area contributed by atoms with Crippen molar-refractivity contribution in [3.05, 3.63) is 87.2 Å². The summed E-state index contributed by atoms with van der Waals surface area (Å²) in [6.07, 6.45) is -0.396. The highest BCUT2D eigenvalue weighted by molar-refractivity contribution is 6.68. The molecule has 3 aromatic rings. The minimum atomic E-state index is -2.08. The third-order valence-corrected chi connectivity index (χ3v) is 4.04. The van der Waals surface area contributed by atoms with Crippen molar-refractivity contribution in [1.29, 1.82) is 0 Å². The number of esters is 1. The summed E-state index contributed by atoms with van der Waals surface area (Å²) in [6, 6.07) is 3.86. The van der Waals surface area contributed by atoms with Crippen LogP contribution < -0.4 is 0 Å². The molecule has 0 aliphatic rings. The minimum Gasteiger partial charge on any atom is -0.458 e. The topological polar surface area (TPSA) is 99.1 Å². The zero-order chi connectivity index (χ0) is 27.6. The van der Waals surface area contributed by atoms with Crippen LogP contribution in [0.15, 0.2) is 36.4 Å². The van der Waals surface area contributed by atoms with Crippen molar-refractivity contribution in [3.63, 3.8) is 0 Å². The first kappa shape index (κ1) is 30.8. The van der Waals surface area contributed by atoms with E-state index in [1.807, 2.05) is 0 Å². The van der Waals surface area contributed by atoms with Crippen molar-refractivity contribution >= 4 is 52.1 Å². The maximum absolute atomic E-state index is 12.9. The lowest BCUT2D eigenvalue weighted by molar-refractivity contribution is 0.0363. The number of rotatable bonds is 4. The molecule has 0 amide bonds. The minimum absolute atomic E-state index is 0.0131. The first-order valence-corrected chi connectivity index (χ1v) is 10.4. The third-order valence-electron chi connectivity index (χ3n) is 3.34. The van der Waals surface area contributed by atoms with Gasteiger partial charge in [-0.05, 0) is 61.8 Å². The molecular weight excluding hydrogens is 560 g/mol. The zero-order valence-electron chi connectivity index (χ0n) is 18.0. The Labute approximate surface area is 215 Å². The standard InChI is InChI=1S/C9H9F2NO2.C6H2Cl3NO.C6H2F3NO/c1-5(2)14-9(13)8-6(10)3-4-7(11)12-8;2*7-3-1-2-4(8)10-5(3)6(9)11/h3-5H,1-2H3;2*1-2H. The normalized spacial score (nSPS) is 9.97. The van der Waals surface area contributed by atoms with Crippen LogP contribution in [0.5, 0.6) is 0 Å². The lowest BCUT2D eigenvalue weighted by Gasteiger charge is -2.07. The summed E-state index contributed by atoms with van der Waals surface area (Å²) in [7, 11) is 0. The van der Waals surface area contributed by atoms with E-state index in [1.165, 1.54) is 12.1 Å². The fourth-order valence-corrected chi connectivity index (χ4v) is 2.47. The van der Waals surface area contributed by atoms with E-state index in [9.17, 15) is 36.3 Å². The van der Waals surface area contributed by atoms with Crippen LogP contribution in [0, 0.1) is 23.5 Å². The Morgan fingerprint density at radius 3 is 1.69 bits per heavy atom. The molecule has 0 saturated carbocycles. The summed E-state index contributed by atoms with van der Waals surface area (Å²) in [4.78, 5) is 41.0. The van der Waals surface area contributed by atoms with E-state index in [2.05, 4.69) is 19.7 Å². The number of hydrogen-bond donors (Lipinski definition) is 0. The molecule has 0 unspecified atom stereocenters. The molecule has 0 aliphatic carbocycles. The third kappa shape index (κ3) is 10.2. The van der Waals surface area contributed by atoms with Crippen molar-refractivity contribution in [1.82, 2.24) is 15.0 Å². The molecule has 0 spiro atoms. The van der Waals surface area contributed by atoms with Gasteiger partial charge in [-0.25, -0.2) is 28.5 Å². The monoisotopic (exact) mass is 571 g/mol. The molecule has 0 N–H and O–H groups in total. The average Bonchev–Trinajstić information content (AvgIpc) is 2.78. The Bertz CT molecular complexity index is 1200. The second-order valence-corrected chi connectivity index (χ2v) is 7.53. The lowest BCUT2D eigenvalue weighted by Crippen LogP contribution is -2.15. The molecule has 0 bridgehead atoms. The predicted octanol–water partition coefficient (Wildman–Crippen LogP) is 6.16. The molecule has 192 valence electrons. The molecule has 7 nitrogen and oxygen atoms in total. The van der Waals surface area contributed by atoms with Crippen molar-refractivity contribution in [3.8, 4) is 0 Å². The SMILES string of the molecule is CC(C)OC(=O)c1nc(F)ccc1F.O=C(Cl)c1nc(Cl)ccc1Cl.O=C(F)c1nc(F)ccc1F. The molecule has 15 heteroatoms. The summed E-state index contributed by atoms with van der Waals surface area (Å²) in [5, 5.41) is -0.315. The maximum atomic E-state index is 12.9. The van der Waals surface area contributed by atoms with Crippen LogP contribution in [-0.4, -0.2) is 38.3 Å². The fraction of sp³-hybridized carbons (Fsp3) is 0.143. The van der Waals surface area contributed by atoms with Gasteiger partial charge < -0.3 is 4.74 Å². The van der Waals surface area contributed by atoms with Crippen LogP contribution in [-0.2, 0) is 4.74 Å². The van der Waals surface area contributed by atoms with E-state index in [0.29, 0.717) is 12.1 Å². The summed E-state index contributed by atoms with van der Waals surface area (Å²) >= 11 is 16.2. The van der Waals surface area contributed by atoms with Crippen molar-refractivity contribution in [2.75, 3.05) is 0 Å². The van der Waals surface area contributed by atoms with Gasteiger partial charge >= 0.3 is 12.0 Å². The molecule has 3 aromatic heterocycles. The van der Waals surface area contributed by atoms with Gasteiger partial charge in [-0.3, -0.25) is 9.59 Å². The molecular formula is C21H13Cl3F5N3O4. The molecule has 3 heterocycles. The number of halogens is 8. The highest BCUT2D eigenvalue weighted by Gasteiger charge is 2.17. The van der Waals surface area contributed by atoms with E-state index in [0.717, 1.165) is 12.1 Å².